The van der Waals surface area contributed by atoms with E-state index in [0.29, 0.717) is 16.9 Å². The molecule has 11 heteroatoms. The van der Waals surface area contributed by atoms with Gasteiger partial charge in [0.15, 0.2) is 0 Å². The van der Waals surface area contributed by atoms with E-state index in [-0.39, 0.29) is 12.3 Å². The standard InChI is InChI=1S/2C16H36N.C11H18O7P2/c2*1-5-9-13-17(14-10-6-2,15-11-7-3)16-12-8-4;1-16-11-5-9(7-19(12,13)17-2)4-10(6-11)8-20(14,15)18-3/h2*5-16H2,1-4H3;4-6H,7-8H2,1-3H3,(H,12,13)(H,14,15)/q2*+1;/p-2. The molecule has 54 heavy (non-hydrogen) atoms. The largest absolute Gasteiger partial charge is 0.778 e. The first-order valence-electron chi connectivity index (χ1n) is 21.8. The number of ether oxygens (including phenoxy) is 1. The van der Waals surface area contributed by atoms with Crippen molar-refractivity contribution in [1.29, 1.82) is 0 Å². The molecule has 1 aromatic rings. The lowest BCUT2D eigenvalue weighted by molar-refractivity contribution is -0.929. The molecule has 0 aliphatic heterocycles. The van der Waals surface area contributed by atoms with Gasteiger partial charge in [-0.15, -0.1) is 0 Å². The van der Waals surface area contributed by atoms with Crippen molar-refractivity contribution in [3.63, 3.8) is 0 Å². The van der Waals surface area contributed by atoms with Crippen LogP contribution < -0.4 is 14.5 Å². The summed E-state index contributed by atoms with van der Waals surface area (Å²) in [6.45, 7) is 30.0. The van der Waals surface area contributed by atoms with Crippen LogP contribution in [0.3, 0.4) is 0 Å². The predicted molar refractivity (Wildman–Crippen MR) is 228 cm³/mol. The van der Waals surface area contributed by atoms with Crippen LogP contribution in [0.2, 0.25) is 0 Å². The van der Waals surface area contributed by atoms with Gasteiger partial charge < -0.3 is 41.7 Å². The van der Waals surface area contributed by atoms with Gasteiger partial charge in [0.25, 0.3) is 0 Å². The van der Waals surface area contributed by atoms with Crippen LogP contribution in [0.5, 0.6) is 5.75 Å². The molecule has 0 aliphatic rings. The third kappa shape index (κ3) is 27.0. The number of nitrogens with zero attached hydrogens (tertiary/aromatic N) is 2. The lowest BCUT2D eigenvalue weighted by atomic mass is 10.1. The zero-order valence-electron chi connectivity index (χ0n) is 37.3. The Bertz CT molecular complexity index is 966. The van der Waals surface area contributed by atoms with E-state index < -0.39 is 15.2 Å². The molecule has 0 N–H and O–H groups in total. The molecule has 0 radical (unpaired) electrons. The van der Waals surface area contributed by atoms with E-state index in [4.69, 9.17) is 4.74 Å². The van der Waals surface area contributed by atoms with Crippen molar-refractivity contribution in [2.45, 2.75) is 170 Å². The second-order valence-electron chi connectivity index (χ2n) is 15.4. The molecule has 322 valence electrons. The lowest BCUT2D eigenvalue weighted by Crippen LogP contribution is -2.50. The highest BCUT2D eigenvalue weighted by Gasteiger charge is 2.26. The van der Waals surface area contributed by atoms with Gasteiger partial charge in [0, 0.05) is 26.5 Å². The molecule has 1 rings (SSSR count). The molecule has 0 amide bonds. The van der Waals surface area contributed by atoms with Crippen LogP contribution in [0, 0.1) is 0 Å². The minimum atomic E-state index is -3.99. The third-order valence-corrected chi connectivity index (χ3v) is 13.1. The van der Waals surface area contributed by atoms with Gasteiger partial charge in [-0.25, -0.2) is 0 Å². The van der Waals surface area contributed by atoms with Crippen LogP contribution in [0.15, 0.2) is 18.2 Å². The summed E-state index contributed by atoms with van der Waals surface area (Å²) in [5.41, 5.74) is 0.770. The summed E-state index contributed by atoms with van der Waals surface area (Å²) in [5, 5.41) is 0. The monoisotopic (exact) mass is 807 g/mol. The molecule has 0 aliphatic carbocycles. The third-order valence-electron chi connectivity index (χ3n) is 10.5. The van der Waals surface area contributed by atoms with Gasteiger partial charge in [0.2, 0.25) is 0 Å². The first kappa shape index (κ1) is 55.3. The van der Waals surface area contributed by atoms with Crippen molar-refractivity contribution in [2.75, 3.05) is 73.7 Å². The van der Waals surface area contributed by atoms with E-state index in [9.17, 15) is 18.9 Å². The fraction of sp³-hybridized carbons (Fsp3) is 0.860. The Morgan fingerprint density at radius 2 is 0.667 bits per heavy atom. The van der Waals surface area contributed by atoms with Gasteiger partial charge in [-0.3, -0.25) is 0 Å². The first-order valence-corrected chi connectivity index (χ1v) is 25.2. The van der Waals surface area contributed by atoms with Crippen molar-refractivity contribution in [3.05, 3.63) is 29.3 Å². The van der Waals surface area contributed by atoms with Crippen molar-refractivity contribution >= 4 is 15.2 Å². The minimum absolute atomic E-state index is 0.343. The summed E-state index contributed by atoms with van der Waals surface area (Å²) in [5.74, 6) is 0.365. The Labute approximate surface area is 335 Å². The van der Waals surface area contributed by atoms with E-state index >= 15 is 0 Å². The molecule has 0 spiro atoms. The van der Waals surface area contributed by atoms with Gasteiger partial charge in [-0.1, -0.05) is 113 Å². The molecule has 2 unspecified atom stereocenters. The lowest BCUT2D eigenvalue weighted by Gasteiger charge is -2.39. The highest BCUT2D eigenvalue weighted by molar-refractivity contribution is 7.50. The predicted octanol–water partition coefficient (Wildman–Crippen LogP) is 11.1. The Hall–Kier alpha value is -0.760. The van der Waals surface area contributed by atoms with Crippen LogP contribution in [-0.2, 0) is 30.5 Å². The maximum Gasteiger partial charge on any atom is 0.139 e. The van der Waals surface area contributed by atoms with Crippen LogP contribution in [-0.4, -0.2) is 82.7 Å². The number of benzene rings is 1. The fourth-order valence-electron chi connectivity index (χ4n) is 6.90. The Kier molecular flexibility index (Phi) is 34.1. The van der Waals surface area contributed by atoms with Crippen LogP contribution in [0.1, 0.15) is 169 Å². The number of rotatable bonds is 31. The van der Waals surface area contributed by atoms with E-state index in [1.54, 1.807) is 0 Å². The fourth-order valence-corrected chi connectivity index (χ4v) is 8.41. The Balaban J connectivity index is 0. The summed E-state index contributed by atoms with van der Waals surface area (Å²) in [4.78, 5) is 22.9. The molecule has 9 nitrogen and oxygen atoms in total. The SMILES string of the molecule is CCCC[N+](CCCC)(CCCC)CCCC.CCCC[N+](CCCC)(CCCC)CCCC.COc1cc(CP(=O)([O-])OC)cc(CP(=O)([O-])OC)c1. The summed E-state index contributed by atoms with van der Waals surface area (Å²) in [6.07, 6.45) is 21.4. The molecule has 0 heterocycles. The normalized spacial score (nSPS) is 13.9. The summed E-state index contributed by atoms with van der Waals surface area (Å²) in [6, 6.07) is 4.49. The molecule has 0 saturated heterocycles. The zero-order valence-corrected chi connectivity index (χ0v) is 39.1. The van der Waals surface area contributed by atoms with E-state index in [0.717, 1.165) is 14.2 Å². The van der Waals surface area contributed by atoms with Crippen LogP contribution in [0.25, 0.3) is 0 Å². The Morgan fingerprint density at radius 1 is 0.444 bits per heavy atom. The molecular weight excluding hydrogens is 718 g/mol. The second kappa shape index (κ2) is 33.2. The van der Waals surface area contributed by atoms with Gasteiger partial charge in [0.05, 0.1) is 59.5 Å². The van der Waals surface area contributed by atoms with Crippen LogP contribution >= 0.6 is 15.2 Å². The summed E-state index contributed by atoms with van der Waals surface area (Å²) < 4.78 is 39.5. The Morgan fingerprint density at radius 3 is 0.833 bits per heavy atom. The van der Waals surface area contributed by atoms with Crippen molar-refractivity contribution < 1.29 is 41.7 Å². The molecule has 0 bridgehead atoms. The second-order valence-corrected chi connectivity index (χ2v) is 19.2. The first-order chi connectivity index (χ1) is 25.7. The average molecular weight is 807 g/mol. The van der Waals surface area contributed by atoms with E-state index in [1.165, 1.54) is 189 Å². The number of methoxy groups -OCH3 is 1. The van der Waals surface area contributed by atoms with Gasteiger partial charge >= 0.3 is 0 Å². The van der Waals surface area contributed by atoms with E-state index in [2.05, 4.69) is 64.4 Å². The average Bonchev–Trinajstić information content (AvgIpc) is 3.16. The number of unbranched alkanes of at least 4 members (excludes halogenated alkanes) is 8. The molecular formula is C43H88N2O7P2. The van der Waals surface area contributed by atoms with Crippen molar-refractivity contribution in [2.24, 2.45) is 0 Å². The number of hydrogen-bond donors (Lipinski definition) is 0. The minimum Gasteiger partial charge on any atom is -0.778 e. The highest BCUT2D eigenvalue weighted by Crippen LogP contribution is 2.43. The summed E-state index contributed by atoms with van der Waals surface area (Å²) in [7, 11) is -4.42. The zero-order chi connectivity index (χ0) is 41.4. The van der Waals surface area contributed by atoms with Crippen molar-refractivity contribution in [3.8, 4) is 5.75 Å². The van der Waals surface area contributed by atoms with Crippen LogP contribution in [0.4, 0.5) is 0 Å². The number of hydrogen-bond acceptors (Lipinski definition) is 7. The van der Waals surface area contributed by atoms with Crippen molar-refractivity contribution in [1.82, 2.24) is 0 Å². The maximum atomic E-state index is 11.4. The highest BCUT2D eigenvalue weighted by atomic mass is 31.2. The number of quaternary nitrogens is 2. The molecule has 2 atom stereocenters. The maximum absolute atomic E-state index is 11.4. The molecule has 0 saturated carbocycles. The van der Waals surface area contributed by atoms with E-state index in [1.807, 2.05) is 0 Å². The van der Waals surface area contributed by atoms with Gasteiger partial charge in [-0.05, 0) is 74.6 Å². The van der Waals surface area contributed by atoms with Gasteiger partial charge in [0.1, 0.15) is 20.9 Å². The molecule has 1 aromatic carbocycles. The topological polar surface area (TPSA) is 108 Å². The molecule has 0 aromatic heterocycles. The molecule has 0 fully saturated rings. The van der Waals surface area contributed by atoms with Gasteiger partial charge in [-0.2, -0.15) is 0 Å². The quantitative estimate of drug-likeness (QED) is 0.0543. The summed E-state index contributed by atoms with van der Waals surface area (Å²) >= 11 is 0. The smallest absolute Gasteiger partial charge is 0.139 e.